The van der Waals surface area contributed by atoms with Crippen LogP contribution in [0.4, 0.5) is 0 Å². The number of hydrogen-bond acceptors (Lipinski definition) is 26. The van der Waals surface area contributed by atoms with Crippen molar-refractivity contribution in [2.45, 2.75) is 240 Å². The monoisotopic (exact) mass is 1050 g/mol. The zero-order chi connectivity index (χ0) is 53.5. The minimum absolute atomic E-state index is 0.0655. The number of hydrogen-bond donors (Lipinski definition) is 13. The van der Waals surface area contributed by atoms with Gasteiger partial charge >= 0.3 is 11.9 Å². The highest BCUT2D eigenvalue weighted by Crippen LogP contribution is 2.35. The summed E-state index contributed by atoms with van der Waals surface area (Å²) in [5.41, 5.74) is -2.05. The molecule has 5 saturated heterocycles. The molecule has 13 N–H and O–H groups in total. The smallest absolute Gasteiger partial charge is 0.308 e. The molecule has 0 bridgehead atoms. The van der Waals surface area contributed by atoms with Crippen LogP contribution in [0.2, 0.25) is 0 Å². The van der Waals surface area contributed by atoms with Gasteiger partial charge in [0.05, 0.1) is 75.9 Å². The lowest BCUT2D eigenvalue weighted by Gasteiger charge is -2.47. The highest BCUT2D eigenvalue weighted by atomic mass is 16.8. The van der Waals surface area contributed by atoms with Crippen molar-refractivity contribution < 1.29 is 128 Å². The second-order valence-corrected chi connectivity index (χ2v) is 20.0. The Morgan fingerprint density at radius 3 is 1.75 bits per heavy atom. The lowest BCUT2D eigenvalue weighted by atomic mass is 9.94. The summed E-state index contributed by atoms with van der Waals surface area (Å²) < 4.78 is 62.5. The van der Waals surface area contributed by atoms with Gasteiger partial charge in [0.1, 0.15) is 85.0 Å². The third-order valence-corrected chi connectivity index (χ3v) is 14.4. The summed E-state index contributed by atoms with van der Waals surface area (Å²) in [7, 11) is 0. The van der Waals surface area contributed by atoms with E-state index in [1.165, 1.54) is 13.8 Å². The molecule has 0 aromatic rings. The van der Waals surface area contributed by atoms with Crippen LogP contribution in [0.5, 0.6) is 0 Å². The molecule has 5 aliphatic rings. The molecule has 26 nitrogen and oxygen atoms in total. The molecule has 0 aliphatic carbocycles. The minimum Gasteiger partial charge on any atom is -0.462 e. The molecule has 27 atom stereocenters. The van der Waals surface area contributed by atoms with Crippen molar-refractivity contribution in [1.29, 1.82) is 0 Å². The van der Waals surface area contributed by atoms with Crippen LogP contribution in [0.3, 0.4) is 0 Å². The van der Waals surface area contributed by atoms with Crippen molar-refractivity contribution in [3.63, 3.8) is 0 Å². The second kappa shape index (κ2) is 26.9. The predicted octanol–water partition coefficient (Wildman–Crippen LogP) is -4.68. The predicted molar refractivity (Wildman–Crippen MR) is 238 cm³/mol. The standard InChI is InChI=1S/C46H80O26/c1-8-18(3)26(66-29(52)12-24(50)11-27(19(4)9-2)67-44-33(56)31(54)28(14-47)68-44)10-23(49)13-30(53)69-38-20(5)64-21(6)39(35(38)58)71-43-34(57)32(55)37(22(7)65-43)70-42-36(59)40(25(51)15-62-42)72-45-41(60)46(61,16-48)17-63-45/h18-28,31-45,47-51,54-61H,8-17H2,1-7H3/t18-,19-,20?,21?,22?,23-,24-,25?,26-,27-,28?,31?,32?,33?,34?,35?,36?,37?,38?,39?,40?,41?,42?,43?,44?,45?,46?/m0/s1. The second-order valence-electron chi connectivity index (χ2n) is 20.0. The lowest BCUT2D eigenvalue weighted by molar-refractivity contribution is -0.365. The number of carbonyl (C=O) groups is 2. The van der Waals surface area contributed by atoms with Gasteiger partial charge in [-0.2, -0.15) is 0 Å². The van der Waals surface area contributed by atoms with Gasteiger partial charge in [-0.3, -0.25) is 9.59 Å². The number of esters is 2. The van der Waals surface area contributed by atoms with E-state index in [1.807, 2.05) is 20.8 Å². The van der Waals surface area contributed by atoms with Crippen LogP contribution >= 0.6 is 0 Å². The SMILES string of the molecule is CC[C@H](C)[C@H](C[C@H](O)CC(=O)OC1C(C)OC(C)C(OC2OC(C)C(OC3OCC(O)C(OC4OCC(O)(CO)C4O)C3O)C(O)C2O)C1O)OC(=O)C[C@@H](O)C[C@H](OC1OC(CO)C(O)C1O)[C@@H](C)CC. The number of carbonyl (C=O) groups excluding carboxylic acids is 2. The molecule has 0 amide bonds. The first-order valence-corrected chi connectivity index (χ1v) is 24.8. The number of aliphatic hydroxyl groups is 13. The quantitative estimate of drug-likeness (QED) is 0.0404. The van der Waals surface area contributed by atoms with Crippen LogP contribution in [0.1, 0.15) is 87.0 Å². The molecular formula is C46H80O26. The molecule has 0 aromatic heterocycles. The summed E-state index contributed by atoms with van der Waals surface area (Å²) >= 11 is 0. The van der Waals surface area contributed by atoms with E-state index in [1.54, 1.807) is 13.8 Å². The third-order valence-electron chi connectivity index (χ3n) is 14.4. The van der Waals surface area contributed by atoms with Gasteiger partial charge in [-0.05, 0) is 32.6 Å². The highest BCUT2D eigenvalue weighted by molar-refractivity contribution is 5.71. The van der Waals surface area contributed by atoms with E-state index >= 15 is 0 Å². The van der Waals surface area contributed by atoms with E-state index in [0.717, 1.165) is 0 Å². The number of aliphatic hydroxyl groups excluding tert-OH is 12. The summed E-state index contributed by atoms with van der Waals surface area (Å²) in [6.45, 7) is 9.49. The largest absolute Gasteiger partial charge is 0.462 e. The van der Waals surface area contributed by atoms with Crippen LogP contribution in [0.25, 0.3) is 0 Å². The molecular weight excluding hydrogens is 968 g/mol. The topological polar surface area (TPSA) is 399 Å². The molecule has 5 heterocycles. The van der Waals surface area contributed by atoms with Gasteiger partial charge in [0.15, 0.2) is 31.3 Å². The molecule has 0 aromatic carbocycles. The first-order chi connectivity index (χ1) is 33.9. The van der Waals surface area contributed by atoms with Crippen LogP contribution in [0, 0.1) is 11.8 Å². The van der Waals surface area contributed by atoms with E-state index in [4.69, 9.17) is 52.1 Å². The van der Waals surface area contributed by atoms with Crippen LogP contribution in [-0.2, 0) is 61.7 Å². The van der Waals surface area contributed by atoms with Gasteiger partial charge in [0, 0.05) is 12.8 Å². The molecule has 0 radical (unpaired) electrons. The van der Waals surface area contributed by atoms with Gasteiger partial charge in [-0.1, -0.05) is 40.5 Å². The van der Waals surface area contributed by atoms with Gasteiger partial charge in [-0.15, -0.1) is 0 Å². The summed E-state index contributed by atoms with van der Waals surface area (Å²) in [6.07, 6.45) is -33.1. The van der Waals surface area contributed by atoms with Crippen LogP contribution < -0.4 is 0 Å². The molecule has 5 aliphatic heterocycles. The summed E-state index contributed by atoms with van der Waals surface area (Å²) in [5.74, 6) is -2.21. The van der Waals surface area contributed by atoms with Crippen molar-refractivity contribution in [3.8, 4) is 0 Å². The fourth-order valence-corrected chi connectivity index (χ4v) is 9.33. The Morgan fingerprint density at radius 2 is 1.15 bits per heavy atom. The fourth-order valence-electron chi connectivity index (χ4n) is 9.33. The third kappa shape index (κ3) is 14.7. The Morgan fingerprint density at radius 1 is 0.611 bits per heavy atom. The Labute approximate surface area is 417 Å². The molecule has 0 saturated carbocycles. The van der Waals surface area contributed by atoms with Gasteiger partial charge in [-0.25, -0.2) is 0 Å². The maximum Gasteiger partial charge on any atom is 0.308 e. The van der Waals surface area contributed by atoms with E-state index in [0.29, 0.717) is 12.8 Å². The molecule has 5 fully saturated rings. The fraction of sp³-hybridized carbons (Fsp3) is 0.957. The van der Waals surface area contributed by atoms with Crippen molar-refractivity contribution in [2.75, 3.05) is 26.4 Å². The molecule has 21 unspecified atom stereocenters. The van der Waals surface area contributed by atoms with E-state index < -0.39 is 204 Å². The maximum absolute atomic E-state index is 13.3. The van der Waals surface area contributed by atoms with Crippen molar-refractivity contribution in [1.82, 2.24) is 0 Å². The van der Waals surface area contributed by atoms with Crippen molar-refractivity contribution in [3.05, 3.63) is 0 Å². The van der Waals surface area contributed by atoms with E-state index in [9.17, 15) is 76.0 Å². The van der Waals surface area contributed by atoms with Crippen LogP contribution in [0.15, 0.2) is 0 Å². The van der Waals surface area contributed by atoms with Gasteiger partial charge < -0.3 is 118 Å². The number of ether oxygens (including phenoxy) is 11. The zero-order valence-electron chi connectivity index (χ0n) is 41.7. The molecule has 0 spiro atoms. The van der Waals surface area contributed by atoms with E-state index in [-0.39, 0.29) is 24.7 Å². The Kier molecular flexibility index (Phi) is 22.8. The molecule has 26 heteroatoms. The first kappa shape index (κ1) is 60.9. The molecule has 420 valence electrons. The van der Waals surface area contributed by atoms with Crippen LogP contribution in [-0.4, -0.2) is 258 Å². The first-order valence-electron chi connectivity index (χ1n) is 24.8. The molecule has 72 heavy (non-hydrogen) atoms. The zero-order valence-corrected chi connectivity index (χ0v) is 41.7. The van der Waals surface area contributed by atoms with E-state index in [2.05, 4.69) is 0 Å². The van der Waals surface area contributed by atoms with Gasteiger partial charge in [0.25, 0.3) is 0 Å². The lowest BCUT2D eigenvalue weighted by Crippen LogP contribution is -2.64. The van der Waals surface area contributed by atoms with Gasteiger partial charge in [0.2, 0.25) is 0 Å². The molecule has 5 rings (SSSR count). The Balaban J connectivity index is 1.11. The Bertz CT molecular complexity index is 1670. The average Bonchev–Trinajstić information content (AvgIpc) is 3.77. The summed E-state index contributed by atoms with van der Waals surface area (Å²) in [4.78, 5) is 26.5. The average molecular weight is 1050 g/mol. The summed E-state index contributed by atoms with van der Waals surface area (Å²) in [5, 5.41) is 138. The number of rotatable bonds is 24. The summed E-state index contributed by atoms with van der Waals surface area (Å²) in [6, 6.07) is 0. The van der Waals surface area contributed by atoms with Crippen molar-refractivity contribution in [2.24, 2.45) is 11.8 Å². The van der Waals surface area contributed by atoms with Crippen molar-refractivity contribution >= 4 is 11.9 Å². The Hall–Kier alpha value is -1.94. The normalized spacial score (nSPS) is 43.1. The maximum atomic E-state index is 13.3. The highest BCUT2D eigenvalue weighted by Gasteiger charge is 2.54. The minimum atomic E-state index is -2.05.